The maximum absolute atomic E-state index is 13.1. The number of alkyl halides is 3. The van der Waals surface area contributed by atoms with E-state index in [9.17, 15) is 31.8 Å². The average molecular weight is 623 g/mol. The lowest BCUT2D eigenvalue weighted by Gasteiger charge is -2.41. The molecule has 2 aliphatic heterocycles. The summed E-state index contributed by atoms with van der Waals surface area (Å²) in [7, 11) is -3.87. The van der Waals surface area contributed by atoms with Crippen molar-refractivity contribution in [3.05, 3.63) is 59.1 Å². The largest absolute Gasteiger partial charge is 0.416 e. The van der Waals surface area contributed by atoms with Crippen molar-refractivity contribution in [2.45, 2.75) is 35.4 Å². The first-order chi connectivity index (χ1) is 17.0. The van der Waals surface area contributed by atoms with Gasteiger partial charge in [0.15, 0.2) is 0 Å². The average Bonchev–Trinajstić information content (AvgIpc) is 3.18. The van der Waals surface area contributed by atoms with Gasteiger partial charge in [0.05, 0.1) is 29.2 Å². The molecule has 2 saturated heterocycles. The van der Waals surface area contributed by atoms with Crippen LogP contribution in [0.25, 0.3) is 0 Å². The summed E-state index contributed by atoms with van der Waals surface area (Å²) in [5.41, 5.74) is -0.269. The second-order valence-electron chi connectivity index (χ2n) is 8.75. The van der Waals surface area contributed by atoms with Crippen LogP contribution in [0, 0.1) is 0 Å². The number of halogens is 6. The molecule has 0 saturated carbocycles. The SMILES string of the molecule is Cl.Cl.O=S(=O)(NC[C@H]1O[C@@H](CO)[C@@H](O)[C@H]1N1CCN(c2cccc(C(F)(F)F)c2)CC1)c1ccc(Cl)cc1. The van der Waals surface area contributed by atoms with Gasteiger partial charge in [-0.2, -0.15) is 13.2 Å². The molecule has 0 bridgehead atoms. The summed E-state index contributed by atoms with van der Waals surface area (Å²) in [6, 6.07) is 10.2. The number of aliphatic hydroxyl groups excluding tert-OH is 2. The minimum atomic E-state index is -4.44. The Bertz CT molecular complexity index is 1150. The van der Waals surface area contributed by atoms with E-state index in [1.54, 1.807) is 6.07 Å². The van der Waals surface area contributed by atoms with Crippen LogP contribution in [0.15, 0.2) is 53.4 Å². The molecule has 0 aromatic heterocycles. The highest BCUT2D eigenvalue weighted by Gasteiger charge is 2.47. The van der Waals surface area contributed by atoms with E-state index in [0.717, 1.165) is 12.1 Å². The van der Waals surface area contributed by atoms with Crippen molar-refractivity contribution in [3.63, 3.8) is 0 Å². The van der Waals surface area contributed by atoms with Crippen molar-refractivity contribution < 1.29 is 36.5 Å². The van der Waals surface area contributed by atoms with Crippen molar-refractivity contribution in [1.82, 2.24) is 9.62 Å². The maximum atomic E-state index is 13.1. The fraction of sp³-hybridized carbons (Fsp3) is 0.478. The molecule has 8 nitrogen and oxygen atoms in total. The van der Waals surface area contributed by atoms with Gasteiger partial charge in [-0.25, -0.2) is 13.1 Å². The van der Waals surface area contributed by atoms with Gasteiger partial charge in [0.1, 0.15) is 12.2 Å². The Morgan fingerprint density at radius 2 is 1.66 bits per heavy atom. The van der Waals surface area contributed by atoms with Gasteiger partial charge in [-0.3, -0.25) is 4.90 Å². The first-order valence-corrected chi connectivity index (χ1v) is 13.2. The number of nitrogens with zero attached hydrogens (tertiary/aromatic N) is 2. The van der Waals surface area contributed by atoms with Gasteiger partial charge in [0.25, 0.3) is 0 Å². The number of ether oxygens (including phenoxy) is 1. The van der Waals surface area contributed by atoms with Crippen LogP contribution in [-0.4, -0.2) is 87.2 Å². The zero-order valence-corrected chi connectivity index (χ0v) is 23.1. The lowest BCUT2D eigenvalue weighted by molar-refractivity contribution is -0.137. The number of sulfonamides is 1. The van der Waals surface area contributed by atoms with Gasteiger partial charge in [-0.15, -0.1) is 24.8 Å². The van der Waals surface area contributed by atoms with Crippen LogP contribution in [0.2, 0.25) is 5.02 Å². The van der Waals surface area contributed by atoms with Crippen LogP contribution in [0.5, 0.6) is 0 Å². The van der Waals surface area contributed by atoms with E-state index in [-0.39, 0.29) is 36.3 Å². The maximum Gasteiger partial charge on any atom is 0.416 e. The Morgan fingerprint density at radius 3 is 2.24 bits per heavy atom. The summed E-state index contributed by atoms with van der Waals surface area (Å²) in [5, 5.41) is 20.8. The lowest BCUT2D eigenvalue weighted by atomic mass is 10.0. The highest BCUT2D eigenvalue weighted by Crippen LogP contribution is 2.33. The van der Waals surface area contributed by atoms with Gasteiger partial charge in [0.2, 0.25) is 10.0 Å². The van der Waals surface area contributed by atoms with Gasteiger partial charge in [-0.05, 0) is 42.5 Å². The molecule has 2 aliphatic rings. The normalized spacial score (nSPS) is 24.5. The Kier molecular flexibility index (Phi) is 11.5. The predicted molar refractivity (Wildman–Crippen MR) is 142 cm³/mol. The van der Waals surface area contributed by atoms with Crippen molar-refractivity contribution in [1.29, 1.82) is 0 Å². The van der Waals surface area contributed by atoms with E-state index in [1.807, 2.05) is 9.80 Å². The van der Waals surface area contributed by atoms with Crippen LogP contribution in [0.4, 0.5) is 18.9 Å². The minimum absolute atomic E-state index is 0. The third-order valence-electron chi connectivity index (χ3n) is 6.51. The predicted octanol–water partition coefficient (Wildman–Crippen LogP) is 2.79. The second kappa shape index (κ2) is 13.3. The zero-order valence-electron chi connectivity index (χ0n) is 19.9. The molecule has 0 aliphatic carbocycles. The number of rotatable bonds is 7. The van der Waals surface area contributed by atoms with Gasteiger partial charge < -0.3 is 19.8 Å². The topological polar surface area (TPSA) is 102 Å². The number of nitrogens with one attached hydrogen (secondary N) is 1. The molecule has 0 amide bonds. The summed E-state index contributed by atoms with van der Waals surface area (Å²) in [4.78, 5) is 3.77. The van der Waals surface area contributed by atoms with Crippen LogP contribution in [0.1, 0.15) is 5.56 Å². The molecule has 3 N–H and O–H groups in total. The van der Waals surface area contributed by atoms with Gasteiger partial charge in [0, 0.05) is 43.4 Å². The van der Waals surface area contributed by atoms with Crippen molar-refractivity contribution in [2.24, 2.45) is 0 Å². The Morgan fingerprint density at radius 1 is 1.03 bits per heavy atom. The molecular weight excluding hydrogens is 594 g/mol. The van der Waals surface area contributed by atoms with Gasteiger partial charge in [-0.1, -0.05) is 17.7 Å². The monoisotopic (exact) mass is 621 g/mol. The van der Waals surface area contributed by atoms with Crippen molar-refractivity contribution >= 4 is 52.1 Å². The molecule has 4 rings (SSSR count). The van der Waals surface area contributed by atoms with E-state index in [2.05, 4.69) is 4.72 Å². The van der Waals surface area contributed by atoms with Crippen LogP contribution in [-0.2, 0) is 20.9 Å². The highest BCUT2D eigenvalue weighted by molar-refractivity contribution is 7.89. The van der Waals surface area contributed by atoms with Crippen molar-refractivity contribution in [2.75, 3.05) is 44.2 Å². The third-order valence-corrected chi connectivity index (χ3v) is 8.21. The molecule has 0 spiro atoms. The molecule has 38 heavy (non-hydrogen) atoms. The fourth-order valence-corrected chi connectivity index (χ4v) is 5.81. The Balaban J connectivity index is 0.00000253. The van der Waals surface area contributed by atoms with Gasteiger partial charge >= 0.3 is 6.18 Å². The molecule has 0 radical (unpaired) electrons. The number of aliphatic hydroxyl groups is 2. The summed E-state index contributed by atoms with van der Waals surface area (Å²) in [5.74, 6) is 0. The molecule has 2 heterocycles. The molecule has 2 aromatic rings. The third kappa shape index (κ3) is 7.43. The standard InChI is InChI=1S/C23H27ClF3N3O5S.2ClH/c24-16-4-6-18(7-5-16)36(33,34)28-13-19-21(22(32)20(14-31)35-19)30-10-8-29(9-11-30)17-3-1-2-15(12-17)23(25,26)27;;/h1-7,12,19-22,28,31-32H,8-11,13-14H2;2*1H/t19-,20+,21+,22-;;/m1../s1. The fourth-order valence-electron chi connectivity index (χ4n) is 4.64. The minimum Gasteiger partial charge on any atom is -0.394 e. The first kappa shape index (κ1) is 32.9. The van der Waals surface area contributed by atoms with E-state index in [4.69, 9.17) is 16.3 Å². The summed E-state index contributed by atoms with van der Waals surface area (Å²) in [6.45, 7) is 1.02. The molecule has 4 atom stereocenters. The molecule has 2 aromatic carbocycles. The lowest BCUT2D eigenvalue weighted by Crippen LogP contribution is -2.57. The molecule has 2 fully saturated rings. The zero-order chi connectivity index (χ0) is 26.1. The highest BCUT2D eigenvalue weighted by atomic mass is 35.5. The number of hydrogen-bond donors (Lipinski definition) is 3. The van der Waals surface area contributed by atoms with Crippen LogP contribution in [0.3, 0.4) is 0 Å². The van der Waals surface area contributed by atoms with Crippen molar-refractivity contribution in [3.8, 4) is 0 Å². The first-order valence-electron chi connectivity index (χ1n) is 11.4. The van der Waals surface area contributed by atoms with E-state index >= 15 is 0 Å². The van der Waals surface area contributed by atoms with Crippen LogP contribution >= 0.6 is 36.4 Å². The van der Waals surface area contributed by atoms with E-state index in [1.165, 1.54) is 30.3 Å². The number of anilines is 1. The molecule has 214 valence electrons. The quantitative estimate of drug-likeness (QED) is 0.437. The summed E-state index contributed by atoms with van der Waals surface area (Å²) >= 11 is 5.83. The van der Waals surface area contributed by atoms with E-state index < -0.39 is 52.7 Å². The Hall–Kier alpha value is -1.35. The molecule has 15 heteroatoms. The number of hydrogen-bond acceptors (Lipinski definition) is 7. The van der Waals surface area contributed by atoms with Crippen LogP contribution < -0.4 is 9.62 Å². The molecule has 0 unspecified atom stereocenters. The Labute approximate surface area is 236 Å². The molecular formula is C23H29Cl3F3N3O5S. The van der Waals surface area contributed by atoms with E-state index in [0.29, 0.717) is 36.9 Å². The second-order valence-corrected chi connectivity index (χ2v) is 11.0. The summed E-state index contributed by atoms with van der Waals surface area (Å²) < 4.78 is 72.9. The number of benzene rings is 2. The number of piperazine rings is 1. The smallest absolute Gasteiger partial charge is 0.394 e. The summed E-state index contributed by atoms with van der Waals surface area (Å²) in [6.07, 6.45) is -7.14.